The van der Waals surface area contributed by atoms with Gasteiger partial charge in [-0.25, -0.2) is 0 Å². The van der Waals surface area contributed by atoms with Gasteiger partial charge < -0.3 is 4.90 Å². The first kappa shape index (κ1) is 14.1. The fourth-order valence-electron chi connectivity index (χ4n) is 3.08. The summed E-state index contributed by atoms with van der Waals surface area (Å²) in [6.07, 6.45) is 6.23. The maximum absolute atomic E-state index is 4.22. The fraction of sp³-hybridized carbons (Fsp3) is 0.389. The average Bonchev–Trinajstić information content (AvgIpc) is 2.57. The number of benzene rings is 1. The van der Waals surface area contributed by atoms with Crippen molar-refractivity contribution in [1.29, 1.82) is 0 Å². The standard InChI is InChI=1S/C18H23N3/c1-20(18-8-5-11-19-14-18)17-9-12-21(13-10-17)15-16-6-3-2-4-7-16/h2-8,11,14,17H,9-10,12-13,15H2,1H3. The summed E-state index contributed by atoms with van der Waals surface area (Å²) in [5.41, 5.74) is 2.63. The molecule has 3 heteroatoms. The average molecular weight is 281 g/mol. The molecule has 1 aromatic carbocycles. The van der Waals surface area contributed by atoms with Crippen molar-refractivity contribution in [2.24, 2.45) is 0 Å². The molecule has 110 valence electrons. The Kier molecular flexibility index (Phi) is 4.51. The van der Waals surface area contributed by atoms with Crippen molar-refractivity contribution in [3.8, 4) is 0 Å². The van der Waals surface area contributed by atoms with Crippen LogP contribution in [0, 0.1) is 0 Å². The highest BCUT2D eigenvalue weighted by Crippen LogP contribution is 2.22. The Bertz CT molecular complexity index is 533. The van der Waals surface area contributed by atoms with E-state index in [-0.39, 0.29) is 0 Å². The molecular formula is C18H23N3. The number of anilines is 1. The second-order valence-corrected chi connectivity index (χ2v) is 5.82. The highest BCUT2D eigenvalue weighted by atomic mass is 15.2. The van der Waals surface area contributed by atoms with E-state index in [1.807, 2.05) is 18.5 Å². The molecule has 1 saturated heterocycles. The molecule has 1 aliphatic heterocycles. The SMILES string of the molecule is CN(c1cccnc1)C1CCN(Cc2ccccc2)CC1. The van der Waals surface area contributed by atoms with E-state index in [0.29, 0.717) is 6.04 Å². The minimum atomic E-state index is 0.626. The van der Waals surface area contributed by atoms with E-state index in [2.05, 4.69) is 58.2 Å². The highest BCUT2D eigenvalue weighted by molar-refractivity contribution is 5.43. The third-order valence-electron chi connectivity index (χ3n) is 4.41. The van der Waals surface area contributed by atoms with Crippen molar-refractivity contribution in [3.63, 3.8) is 0 Å². The van der Waals surface area contributed by atoms with E-state index < -0.39 is 0 Å². The Morgan fingerprint density at radius 3 is 2.52 bits per heavy atom. The van der Waals surface area contributed by atoms with Gasteiger partial charge in [-0.2, -0.15) is 0 Å². The van der Waals surface area contributed by atoms with Crippen molar-refractivity contribution in [3.05, 3.63) is 60.4 Å². The van der Waals surface area contributed by atoms with E-state index in [1.165, 1.54) is 37.2 Å². The summed E-state index contributed by atoms with van der Waals surface area (Å²) in [7, 11) is 2.19. The predicted molar refractivity (Wildman–Crippen MR) is 87.4 cm³/mol. The molecule has 0 bridgehead atoms. The zero-order valence-corrected chi connectivity index (χ0v) is 12.7. The molecule has 1 aromatic heterocycles. The number of likely N-dealkylation sites (tertiary alicyclic amines) is 1. The van der Waals surface area contributed by atoms with Gasteiger partial charge in [0.05, 0.1) is 11.9 Å². The summed E-state index contributed by atoms with van der Waals surface area (Å²) in [5.74, 6) is 0. The van der Waals surface area contributed by atoms with Gasteiger partial charge in [0.1, 0.15) is 0 Å². The minimum Gasteiger partial charge on any atom is -0.370 e. The lowest BCUT2D eigenvalue weighted by Gasteiger charge is -2.37. The van der Waals surface area contributed by atoms with E-state index >= 15 is 0 Å². The summed E-state index contributed by atoms with van der Waals surface area (Å²) in [6.45, 7) is 3.42. The second-order valence-electron chi connectivity index (χ2n) is 5.82. The van der Waals surface area contributed by atoms with Crippen molar-refractivity contribution in [2.45, 2.75) is 25.4 Å². The Balaban J connectivity index is 1.53. The number of pyridine rings is 1. The van der Waals surface area contributed by atoms with Gasteiger partial charge in [-0.3, -0.25) is 9.88 Å². The molecule has 3 nitrogen and oxygen atoms in total. The summed E-state index contributed by atoms with van der Waals surface area (Å²) >= 11 is 0. The zero-order chi connectivity index (χ0) is 14.5. The van der Waals surface area contributed by atoms with Gasteiger partial charge in [0, 0.05) is 38.9 Å². The molecule has 0 N–H and O–H groups in total. The number of aromatic nitrogens is 1. The van der Waals surface area contributed by atoms with Gasteiger partial charge >= 0.3 is 0 Å². The minimum absolute atomic E-state index is 0.626. The Labute approximate surface area is 127 Å². The first-order valence-corrected chi connectivity index (χ1v) is 7.72. The van der Waals surface area contributed by atoms with Crippen LogP contribution in [0.3, 0.4) is 0 Å². The topological polar surface area (TPSA) is 19.4 Å². The van der Waals surface area contributed by atoms with E-state index in [4.69, 9.17) is 0 Å². The lowest BCUT2D eigenvalue weighted by Crippen LogP contribution is -2.43. The molecule has 1 aliphatic rings. The molecule has 0 amide bonds. The maximum Gasteiger partial charge on any atom is 0.0552 e. The number of piperidine rings is 1. The number of rotatable bonds is 4. The van der Waals surface area contributed by atoms with Gasteiger partial charge in [-0.1, -0.05) is 30.3 Å². The van der Waals surface area contributed by atoms with Gasteiger partial charge in [-0.05, 0) is 30.5 Å². The van der Waals surface area contributed by atoms with Crippen LogP contribution in [-0.2, 0) is 6.54 Å². The molecule has 0 radical (unpaired) electrons. The van der Waals surface area contributed by atoms with Crippen molar-refractivity contribution in [2.75, 3.05) is 25.0 Å². The quantitative estimate of drug-likeness (QED) is 0.858. The molecule has 0 unspecified atom stereocenters. The molecular weight excluding hydrogens is 258 g/mol. The van der Waals surface area contributed by atoms with E-state index in [1.54, 1.807) is 0 Å². The Hall–Kier alpha value is -1.87. The molecule has 1 fully saturated rings. The van der Waals surface area contributed by atoms with Crippen LogP contribution in [0.15, 0.2) is 54.9 Å². The maximum atomic E-state index is 4.22. The van der Waals surface area contributed by atoms with Crippen LogP contribution >= 0.6 is 0 Å². The first-order chi connectivity index (χ1) is 10.3. The van der Waals surface area contributed by atoms with E-state index in [9.17, 15) is 0 Å². The number of nitrogens with zero attached hydrogens (tertiary/aromatic N) is 3. The van der Waals surface area contributed by atoms with E-state index in [0.717, 1.165) is 6.54 Å². The number of hydrogen-bond donors (Lipinski definition) is 0. The normalized spacial score (nSPS) is 16.8. The van der Waals surface area contributed by atoms with Crippen LogP contribution < -0.4 is 4.90 Å². The summed E-state index contributed by atoms with van der Waals surface area (Å²) < 4.78 is 0. The molecule has 21 heavy (non-hydrogen) atoms. The third kappa shape index (κ3) is 3.61. The van der Waals surface area contributed by atoms with Crippen LogP contribution in [-0.4, -0.2) is 36.1 Å². The van der Waals surface area contributed by atoms with Gasteiger partial charge in [0.25, 0.3) is 0 Å². The molecule has 2 aromatic rings. The van der Waals surface area contributed by atoms with Crippen LogP contribution in [0.4, 0.5) is 5.69 Å². The monoisotopic (exact) mass is 281 g/mol. The molecule has 0 aliphatic carbocycles. The van der Waals surface area contributed by atoms with Crippen LogP contribution in [0.25, 0.3) is 0 Å². The van der Waals surface area contributed by atoms with Crippen molar-refractivity contribution >= 4 is 5.69 Å². The van der Waals surface area contributed by atoms with Crippen molar-refractivity contribution in [1.82, 2.24) is 9.88 Å². The van der Waals surface area contributed by atoms with Crippen LogP contribution in [0.5, 0.6) is 0 Å². The third-order valence-corrected chi connectivity index (χ3v) is 4.41. The van der Waals surface area contributed by atoms with Gasteiger partial charge in [0.2, 0.25) is 0 Å². The molecule has 0 spiro atoms. The smallest absolute Gasteiger partial charge is 0.0552 e. The molecule has 3 rings (SSSR count). The predicted octanol–water partition coefficient (Wildman–Crippen LogP) is 3.18. The molecule has 0 saturated carbocycles. The Morgan fingerprint density at radius 2 is 1.86 bits per heavy atom. The second kappa shape index (κ2) is 6.72. The lowest BCUT2D eigenvalue weighted by atomic mass is 10.0. The highest BCUT2D eigenvalue weighted by Gasteiger charge is 2.22. The summed E-state index contributed by atoms with van der Waals surface area (Å²) in [5, 5.41) is 0. The van der Waals surface area contributed by atoms with Crippen LogP contribution in [0.1, 0.15) is 18.4 Å². The number of hydrogen-bond acceptors (Lipinski definition) is 3. The molecule has 0 atom stereocenters. The molecule has 2 heterocycles. The van der Waals surface area contributed by atoms with Gasteiger partial charge in [-0.15, -0.1) is 0 Å². The summed E-state index contributed by atoms with van der Waals surface area (Å²) in [4.78, 5) is 9.16. The lowest BCUT2D eigenvalue weighted by molar-refractivity contribution is 0.203. The summed E-state index contributed by atoms with van der Waals surface area (Å²) in [6, 6.07) is 15.5. The largest absolute Gasteiger partial charge is 0.370 e. The van der Waals surface area contributed by atoms with Crippen LogP contribution in [0.2, 0.25) is 0 Å². The Morgan fingerprint density at radius 1 is 1.10 bits per heavy atom. The zero-order valence-electron chi connectivity index (χ0n) is 12.7. The van der Waals surface area contributed by atoms with Gasteiger partial charge in [0.15, 0.2) is 0 Å². The van der Waals surface area contributed by atoms with Crippen molar-refractivity contribution < 1.29 is 0 Å². The first-order valence-electron chi connectivity index (χ1n) is 7.72. The fourth-order valence-corrected chi connectivity index (χ4v) is 3.08.